The fourth-order valence-corrected chi connectivity index (χ4v) is 4.71. The maximum absolute atomic E-state index is 13.0. The van der Waals surface area contributed by atoms with Crippen molar-refractivity contribution in [3.8, 4) is 0 Å². The lowest BCUT2D eigenvalue weighted by Crippen LogP contribution is -2.17. The minimum absolute atomic E-state index is 0.0894. The van der Waals surface area contributed by atoms with E-state index in [1.165, 1.54) is 6.92 Å². The van der Waals surface area contributed by atoms with Crippen LogP contribution in [0.2, 0.25) is 0 Å². The third-order valence-electron chi connectivity index (χ3n) is 6.21. The van der Waals surface area contributed by atoms with E-state index in [1.54, 1.807) is 36.7 Å². The number of benzene rings is 2. The van der Waals surface area contributed by atoms with Gasteiger partial charge in [0.05, 0.1) is 17.5 Å². The number of aromatic amines is 1. The van der Waals surface area contributed by atoms with Gasteiger partial charge in [-0.1, -0.05) is 24.3 Å². The number of amides is 1. The zero-order valence-electron chi connectivity index (χ0n) is 19.0. The number of esters is 2. The molecule has 3 heterocycles. The number of rotatable bonds is 7. The Bertz CT molecular complexity index is 1510. The average Bonchev–Trinajstić information content (AvgIpc) is 3.40. The Labute approximate surface area is 199 Å². The smallest absolute Gasteiger partial charge is 0.380 e. The molecule has 1 unspecified atom stereocenters. The van der Waals surface area contributed by atoms with E-state index in [2.05, 4.69) is 4.98 Å². The van der Waals surface area contributed by atoms with Crippen molar-refractivity contribution in [1.82, 2.24) is 9.55 Å². The van der Waals surface area contributed by atoms with Gasteiger partial charge in [0.2, 0.25) is 5.91 Å². The zero-order chi connectivity index (χ0) is 24.7. The Kier molecular flexibility index (Phi) is 5.60. The zero-order valence-corrected chi connectivity index (χ0v) is 19.0. The maximum atomic E-state index is 13.0. The summed E-state index contributed by atoms with van der Waals surface area (Å²) >= 11 is 0. The van der Waals surface area contributed by atoms with Gasteiger partial charge in [0.25, 0.3) is 5.78 Å². The number of Topliss-reactive ketones (excluding diaryl/α,β-unsaturated/α-hetero) is 1. The molecule has 0 fully saturated rings. The maximum Gasteiger partial charge on any atom is 0.380 e. The number of hydrogen-bond acceptors (Lipinski definition) is 6. The topological polar surface area (TPSA) is 133 Å². The summed E-state index contributed by atoms with van der Waals surface area (Å²) in [7, 11) is 0. The Morgan fingerprint density at radius 3 is 2.74 bits per heavy atom. The number of ketones is 1. The first-order valence-electron chi connectivity index (χ1n) is 11.2. The minimum Gasteiger partial charge on any atom is -0.458 e. The highest BCUT2D eigenvalue weighted by atomic mass is 16.5. The molecular formula is C26H23N3O6. The number of aryl methyl sites for hydroxylation is 1. The summed E-state index contributed by atoms with van der Waals surface area (Å²) in [5.74, 6) is -2.52. The van der Waals surface area contributed by atoms with Gasteiger partial charge in [0, 0.05) is 54.1 Å². The fraction of sp³-hybridized carbons (Fsp3) is 0.231. The number of para-hydroxylation sites is 1. The first-order valence-corrected chi connectivity index (χ1v) is 11.2. The summed E-state index contributed by atoms with van der Waals surface area (Å²) in [6, 6.07) is 10.8. The van der Waals surface area contributed by atoms with Crippen LogP contribution >= 0.6 is 0 Å². The van der Waals surface area contributed by atoms with Crippen molar-refractivity contribution in [2.75, 3.05) is 0 Å². The molecule has 5 rings (SSSR count). The van der Waals surface area contributed by atoms with Gasteiger partial charge in [-0.05, 0) is 23.3 Å². The predicted molar refractivity (Wildman–Crippen MR) is 126 cm³/mol. The molecule has 0 saturated carbocycles. The fourth-order valence-electron chi connectivity index (χ4n) is 4.71. The normalized spacial score (nSPS) is 14.7. The second kappa shape index (κ2) is 8.75. The molecule has 4 aromatic rings. The number of nitrogens with one attached hydrogen (secondary N) is 1. The van der Waals surface area contributed by atoms with E-state index in [1.807, 2.05) is 16.7 Å². The molecule has 1 atom stereocenters. The Hall–Kier alpha value is -4.40. The van der Waals surface area contributed by atoms with Gasteiger partial charge in [-0.25, -0.2) is 4.79 Å². The summed E-state index contributed by atoms with van der Waals surface area (Å²) in [4.78, 5) is 51.6. The second-order valence-electron chi connectivity index (χ2n) is 8.61. The summed E-state index contributed by atoms with van der Waals surface area (Å²) in [5, 5.41) is 1.42. The highest BCUT2D eigenvalue weighted by Gasteiger charge is 2.29. The molecule has 9 heteroatoms. The highest BCUT2D eigenvalue weighted by Crippen LogP contribution is 2.36. The quantitative estimate of drug-likeness (QED) is 0.241. The summed E-state index contributed by atoms with van der Waals surface area (Å²) in [5.41, 5.74) is 9.40. The van der Waals surface area contributed by atoms with Crippen molar-refractivity contribution in [1.29, 1.82) is 0 Å². The Balaban J connectivity index is 1.36. The molecule has 0 radical (unpaired) electrons. The molecule has 1 aliphatic heterocycles. The van der Waals surface area contributed by atoms with Crippen LogP contribution in [-0.2, 0) is 43.4 Å². The van der Waals surface area contributed by atoms with Crippen LogP contribution in [-0.4, -0.2) is 33.2 Å². The van der Waals surface area contributed by atoms with Crippen molar-refractivity contribution < 1.29 is 28.7 Å². The lowest BCUT2D eigenvalue weighted by atomic mass is 9.99. The van der Waals surface area contributed by atoms with Crippen molar-refractivity contribution in [2.45, 2.75) is 39.0 Å². The molecule has 1 aliphatic rings. The van der Waals surface area contributed by atoms with Gasteiger partial charge in [-0.2, -0.15) is 0 Å². The van der Waals surface area contributed by atoms with Gasteiger partial charge in [0.15, 0.2) is 0 Å². The van der Waals surface area contributed by atoms with E-state index in [0.29, 0.717) is 23.9 Å². The number of fused-ring (bicyclic) bond motifs is 1. The first kappa shape index (κ1) is 22.4. The van der Waals surface area contributed by atoms with Crippen LogP contribution in [0, 0.1) is 0 Å². The van der Waals surface area contributed by atoms with Crippen LogP contribution in [0.25, 0.3) is 21.8 Å². The van der Waals surface area contributed by atoms with Gasteiger partial charge >= 0.3 is 11.9 Å². The number of nitrogens with zero attached hydrogens (tertiary/aromatic N) is 1. The number of carbonyl (C=O) groups is 4. The molecular weight excluding hydrogens is 450 g/mol. The van der Waals surface area contributed by atoms with Gasteiger partial charge in [-0.15, -0.1) is 0 Å². The Morgan fingerprint density at radius 2 is 1.97 bits per heavy atom. The van der Waals surface area contributed by atoms with E-state index in [0.717, 1.165) is 27.5 Å². The Morgan fingerprint density at radius 1 is 1.14 bits per heavy atom. The number of ether oxygens (including phenoxy) is 2. The van der Waals surface area contributed by atoms with Crippen LogP contribution < -0.4 is 5.73 Å². The van der Waals surface area contributed by atoms with Gasteiger partial charge in [0.1, 0.15) is 12.7 Å². The number of aromatic nitrogens is 2. The first-order chi connectivity index (χ1) is 16.8. The molecule has 9 nitrogen and oxygen atoms in total. The van der Waals surface area contributed by atoms with Crippen LogP contribution in [0.5, 0.6) is 0 Å². The van der Waals surface area contributed by atoms with Gasteiger partial charge in [-0.3, -0.25) is 14.4 Å². The summed E-state index contributed by atoms with van der Waals surface area (Å²) < 4.78 is 12.7. The van der Waals surface area contributed by atoms with Crippen LogP contribution in [0.15, 0.2) is 48.8 Å². The molecule has 2 aromatic carbocycles. The molecule has 0 bridgehead atoms. The molecule has 0 spiro atoms. The lowest BCUT2D eigenvalue weighted by molar-refractivity contribution is -0.147. The van der Waals surface area contributed by atoms with Crippen LogP contribution in [0.3, 0.4) is 0 Å². The predicted octanol–water partition coefficient (Wildman–Crippen LogP) is 3.08. The number of hydrogen-bond donors (Lipinski definition) is 2. The molecule has 0 saturated heterocycles. The van der Waals surface area contributed by atoms with E-state index in [-0.39, 0.29) is 24.6 Å². The largest absolute Gasteiger partial charge is 0.458 e. The number of H-pyrrole nitrogens is 1. The van der Waals surface area contributed by atoms with E-state index in [4.69, 9.17) is 15.2 Å². The van der Waals surface area contributed by atoms with E-state index in [9.17, 15) is 19.2 Å². The molecule has 35 heavy (non-hydrogen) atoms. The lowest BCUT2D eigenvalue weighted by Gasteiger charge is -2.24. The van der Waals surface area contributed by atoms with Gasteiger partial charge < -0.3 is 24.8 Å². The molecule has 3 N–H and O–H groups in total. The monoisotopic (exact) mass is 473 g/mol. The van der Waals surface area contributed by atoms with Crippen LogP contribution in [0.1, 0.15) is 46.5 Å². The third kappa shape index (κ3) is 4.16. The number of carbonyl (C=O) groups excluding carboxylic acids is 4. The van der Waals surface area contributed by atoms with Crippen LogP contribution in [0.4, 0.5) is 0 Å². The number of primary amides is 1. The molecule has 1 amide bonds. The average molecular weight is 473 g/mol. The molecule has 0 aliphatic carbocycles. The standard InChI is InChI=1S/C26H23N3O6/c1-14(30)35-22-7-8-29-12-20(17-3-2-4-18(22)24(17)29)25(32)26(33)34-13-15-5-6-21-19(9-15)16(11-28-21)10-23(27)31/h2-6,9,11-12,22,28H,7-8,10,13H2,1H3,(H2,27,31). The van der Waals surface area contributed by atoms with E-state index < -0.39 is 23.8 Å². The van der Waals surface area contributed by atoms with Crippen molar-refractivity contribution >= 4 is 45.4 Å². The van der Waals surface area contributed by atoms with Crippen molar-refractivity contribution in [3.05, 3.63) is 71.0 Å². The third-order valence-corrected chi connectivity index (χ3v) is 6.21. The SMILES string of the molecule is CC(=O)OC1CCn2cc(C(=O)C(=O)OCc3ccc4[nH]cc(CC(N)=O)c4c3)c3cccc1c32. The van der Waals surface area contributed by atoms with Crippen molar-refractivity contribution in [3.63, 3.8) is 0 Å². The summed E-state index contributed by atoms with van der Waals surface area (Å²) in [6.45, 7) is 1.82. The van der Waals surface area contributed by atoms with E-state index >= 15 is 0 Å². The highest BCUT2D eigenvalue weighted by molar-refractivity contribution is 6.43. The van der Waals surface area contributed by atoms with Crippen molar-refractivity contribution in [2.24, 2.45) is 5.73 Å². The molecule has 178 valence electrons. The summed E-state index contributed by atoms with van der Waals surface area (Å²) in [6.07, 6.45) is 3.65. The minimum atomic E-state index is -0.961. The number of nitrogens with two attached hydrogens (primary N) is 1. The molecule has 2 aromatic heterocycles. The second-order valence-corrected chi connectivity index (χ2v) is 8.61.